The van der Waals surface area contributed by atoms with Crippen molar-refractivity contribution in [2.75, 3.05) is 31.5 Å². The molecule has 4 aromatic rings. The van der Waals surface area contributed by atoms with Gasteiger partial charge in [-0.25, -0.2) is 9.59 Å². The lowest BCUT2D eigenvalue weighted by Crippen LogP contribution is -2.49. The quantitative estimate of drug-likeness (QED) is 0.233. The Kier molecular flexibility index (Phi) is 9.83. The number of piperazine rings is 1. The number of rotatable bonds is 6. The predicted octanol–water partition coefficient (Wildman–Crippen LogP) is 6.50. The summed E-state index contributed by atoms with van der Waals surface area (Å²) >= 11 is 0. The molecular formula is C28H24F6N4O6. The number of aliphatic carboxylic acids is 1. The number of halogens is 6. The molecule has 2 heterocycles. The molecule has 0 unspecified atom stereocenters. The number of ether oxygens (including phenoxy) is 2. The smallest absolute Gasteiger partial charge is 0.475 e. The number of anilines is 1. The molecule has 1 aliphatic heterocycles. The van der Waals surface area contributed by atoms with Gasteiger partial charge in [-0.3, -0.25) is 10.2 Å². The van der Waals surface area contributed by atoms with E-state index in [0.29, 0.717) is 49.9 Å². The number of carboxylic acid groups (broad SMARTS) is 1. The average molecular weight is 627 g/mol. The minimum absolute atomic E-state index is 0.231. The van der Waals surface area contributed by atoms with Gasteiger partial charge in [-0.15, -0.1) is 13.2 Å². The molecule has 234 valence electrons. The van der Waals surface area contributed by atoms with Gasteiger partial charge in [0.05, 0.1) is 5.39 Å². The molecule has 5 rings (SSSR count). The third-order valence-corrected chi connectivity index (χ3v) is 6.08. The molecule has 3 aromatic carbocycles. The van der Waals surface area contributed by atoms with Crippen LogP contribution in [0.15, 0.2) is 77.3 Å². The minimum atomic E-state index is -5.08. The topological polar surface area (TPSA) is 117 Å². The molecule has 2 N–H and O–H groups in total. The molecule has 0 spiro atoms. The van der Waals surface area contributed by atoms with Crippen LogP contribution in [-0.4, -0.2) is 70.8 Å². The lowest BCUT2D eigenvalue weighted by molar-refractivity contribution is -0.274. The zero-order chi connectivity index (χ0) is 31.9. The van der Waals surface area contributed by atoms with Crippen molar-refractivity contribution in [3.63, 3.8) is 0 Å². The van der Waals surface area contributed by atoms with E-state index >= 15 is 0 Å². The zero-order valence-electron chi connectivity index (χ0n) is 22.6. The number of carbonyl (C=O) groups is 2. The second kappa shape index (κ2) is 13.5. The van der Waals surface area contributed by atoms with E-state index in [2.05, 4.69) is 20.1 Å². The Balaban J connectivity index is 0.000000566. The van der Waals surface area contributed by atoms with Crippen molar-refractivity contribution < 1.29 is 55.0 Å². The van der Waals surface area contributed by atoms with E-state index in [-0.39, 0.29) is 17.5 Å². The van der Waals surface area contributed by atoms with Crippen LogP contribution in [0.5, 0.6) is 17.2 Å². The standard InChI is InChI=1S/C26H23F3N4O4.C2HF3O2/c27-26(28,29)36-21-8-4-7-20(16-21)35-19-6-3-5-18(15-19)17-32-11-13-33(14-12-32)25(34)30-24-22-9-1-2-10-23(22)37-31-24;3-2(4,5)1(6)7/h1-10,15-16H,11-14,17H2,(H,30,31,34);(H,6,7). The molecule has 0 aliphatic carbocycles. The Hall–Kier alpha value is -4.99. The summed E-state index contributed by atoms with van der Waals surface area (Å²) in [5, 5.41) is 14.6. The Morgan fingerprint density at radius 3 is 2.14 bits per heavy atom. The van der Waals surface area contributed by atoms with Gasteiger partial charge in [-0.1, -0.05) is 35.5 Å². The summed E-state index contributed by atoms with van der Waals surface area (Å²) in [6.07, 6.45) is -9.85. The van der Waals surface area contributed by atoms with Gasteiger partial charge in [0.15, 0.2) is 11.4 Å². The molecule has 0 radical (unpaired) electrons. The van der Waals surface area contributed by atoms with Crippen LogP contribution < -0.4 is 14.8 Å². The maximum absolute atomic E-state index is 12.7. The fraction of sp³-hybridized carbons (Fsp3) is 0.250. The summed E-state index contributed by atoms with van der Waals surface area (Å²) < 4.78 is 84.1. The fourth-order valence-electron chi connectivity index (χ4n) is 4.10. The number of nitrogens with one attached hydrogen (secondary N) is 1. The summed E-state index contributed by atoms with van der Waals surface area (Å²) in [4.78, 5) is 25.6. The van der Waals surface area contributed by atoms with Crippen molar-refractivity contribution in [1.82, 2.24) is 15.0 Å². The van der Waals surface area contributed by atoms with E-state index < -0.39 is 18.5 Å². The number of hydrogen-bond acceptors (Lipinski definition) is 7. The summed E-state index contributed by atoms with van der Waals surface area (Å²) in [6.45, 7) is 3.08. The van der Waals surface area contributed by atoms with Crippen molar-refractivity contribution in [3.05, 3.63) is 78.4 Å². The number of aromatic nitrogens is 1. The fourth-order valence-corrected chi connectivity index (χ4v) is 4.10. The van der Waals surface area contributed by atoms with Gasteiger partial charge >= 0.3 is 24.5 Å². The predicted molar refractivity (Wildman–Crippen MR) is 143 cm³/mol. The highest BCUT2D eigenvalue weighted by Crippen LogP contribution is 2.29. The van der Waals surface area contributed by atoms with Crippen molar-refractivity contribution in [1.29, 1.82) is 0 Å². The number of nitrogens with zero attached hydrogens (tertiary/aromatic N) is 3. The number of urea groups is 1. The molecule has 2 amide bonds. The van der Waals surface area contributed by atoms with Crippen molar-refractivity contribution in [3.8, 4) is 17.2 Å². The normalized spacial score (nSPS) is 14.0. The monoisotopic (exact) mass is 626 g/mol. The largest absolute Gasteiger partial charge is 0.573 e. The second-order valence-corrected chi connectivity index (χ2v) is 9.30. The average Bonchev–Trinajstić information content (AvgIpc) is 3.35. The molecule has 1 aromatic heterocycles. The van der Waals surface area contributed by atoms with Gasteiger partial charge in [0.1, 0.15) is 17.2 Å². The molecule has 0 saturated carbocycles. The molecule has 1 fully saturated rings. The number of benzene rings is 3. The maximum atomic E-state index is 12.7. The van der Waals surface area contributed by atoms with Gasteiger partial charge in [0.25, 0.3) is 0 Å². The van der Waals surface area contributed by atoms with Crippen LogP contribution >= 0.6 is 0 Å². The van der Waals surface area contributed by atoms with Gasteiger partial charge in [-0.2, -0.15) is 13.2 Å². The Labute approximate surface area is 245 Å². The Bertz CT molecular complexity index is 1580. The number of fused-ring (bicyclic) bond motifs is 1. The summed E-state index contributed by atoms with van der Waals surface area (Å²) in [5.74, 6) is -1.97. The van der Waals surface area contributed by atoms with E-state index in [1.807, 2.05) is 36.4 Å². The zero-order valence-corrected chi connectivity index (χ0v) is 22.6. The molecule has 44 heavy (non-hydrogen) atoms. The van der Waals surface area contributed by atoms with Gasteiger partial charge in [-0.05, 0) is 42.0 Å². The molecular weight excluding hydrogens is 602 g/mol. The summed E-state index contributed by atoms with van der Waals surface area (Å²) in [6, 6.07) is 19.8. The van der Waals surface area contributed by atoms with Gasteiger partial charge < -0.3 is 24.0 Å². The number of para-hydroxylation sites is 1. The van der Waals surface area contributed by atoms with Crippen LogP contribution in [0.3, 0.4) is 0 Å². The molecule has 16 heteroatoms. The van der Waals surface area contributed by atoms with Gasteiger partial charge in [0, 0.05) is 38.8 Å². The molecule has 1 saturated heterocycles. The van der Waals surface area contributed by atoms with E-state index in [4.69, 9.17) is 19.2 Å². The molecule has 10 nitrogen and oxygen atoms in total. The SMILES string of the molecule is O=C(Nc1noc2ccccc12)N1CCN(Cc2cccc(Oc3cccc(OC(F)(F)F)c3)c2)CC1.O=C(O)C(F)(F)F. The van der Waals surface area contributed by atoms with E-state index in [1.165, 1.54) is 18.2 Å². The van der Waals surface area contributed by atoms with Crippen molar-refractivity contribution in [2.24, 2.45) is 0 Å². The first-order valence-corrected chi connectivity index (χ1v) is 12.8. The van der Waals surface area contributed by atoms with Crippen LogP contribution in [0.2, 0.25) is 0 Å². The van der Waals surface area contributed by atoms with Crippen LogP contribution in [0.4, 0.5) is 37.0 Å². The highest BCUT2D eigenvalue weighted by Gasteiger charge is 2.38. The third-order valence-electron chi connectivity index (χ3n) is 6.08. The second-order valence-electron chi connectivity index (χ2n) is 9.30. The lowest BCUT2D eigenvalue weighted by Gasteiger charge is -2.34. The number of carboxylic acids is 1. The first-order chi connectivity index (χ1) is 20.8. The maximum Gasteiger partial charge on any atom is 0.573 e. The van der Waals surface area contributed by atoms with Crippen LogP contribution in [0, 0.1) is 0 Å². The first-order valence-electron chi connectivity index (χ1n) is 12.8. The number of alkyl halides is 6. The van der Waals surface area contributed by atoms with Crippen LogP contribution in [-0.2, 0) is 11.3 Å². The molecule has 0 bridgehead atoms. The molecule has 0 atom stereocenters. The Morgan fingerprint density at radius 1 is 0.864 bits per heavy atom. The van der Waals surface area contributed by atoms with Crippen molar-refractivity contribution >= 4 is 28.8 Å². The summed E-state index contributed by atoms with van der Waals surface area (Å²) in [7, 11) is 0. The highest BCUT2D eigenvalue weighted by atomic mass is 19.4. The Morgan fingerprint density at radius 2 is 1.48 bits per heavy atom. The van der Waals surface area contributed by atoms with Crippen molar-refractivity contribution in [2.45, 2.75) is 19.1 Å². The number of amides is 2. The van der Waals surface area contributed by atoms with E-state index in [9.17, 15) is 31.1 Å². The van der Waals surface area contributed by atoms with Gasteiger partial charge in [0.2, 0.25) is 0 Å². The first kappa shape index (κ1) is 31.9. The highest BCUT2D eigenvalue weighted by molar-refractivity contribution is 5.98. The lowest BCUT2D eigenvalue weighted by atomic mass is 10.2. The van der Waals surface area contributed by atoms with Crippen LogP contribution in [0.1, 0.15) is 5.56 Å². The van der Waals surface area contributed by atoms with Crippen LogP contribution in [0.25, 0.3) is 11.0 Å². The molecule has 1 aliphatic rings. The van der Waals surface area contributed by atoms with E-state index in [0.717, 1.165) is 10.9 Å². The van der Waals surface area contributed by atoms with E-state index in [1.54, 1.807) is 23.1 Å². The summed E-state index contributed by atoms with van der Waals surface area (Å²) in [5.41, 5.74) is 1.59. The number of hydrogen-bond donors (Lipinski definition) is 2. The number of carbonyl (C=O) groups excluding carboxylic acids is 1. The third kappa shape index (κ3) is 9.26. The minimum Gasteiger partial charge on any atom is -0.475 e.